The normalized spacial score (nSPS) is 18.2. The summed E-state index contributed by atoms with van der Waals surface area (Å²) in [5.74, 6) is 0.585. The largest absolute Gasteiger partial charge is 0.467 e. The molecule has 1 aromatic carbocycles. The zero-order valence-electron chi connectivity index (χ0n) is 20.5. The summed E-state index contributed by atoms with van der Waals surface area (Å²) in [5, 5.41) is 16.2. The molecule has 1 fully saturated rings. The van der Waals surface area contributed by atoms with Gasteiger partial charge in [-0.25, -0.2) is 14.8 Å². The Kier molecular flexibility index (Phi) is 6.31. The number of carboxylic acid groups (broad SMARTS) is 1. The van der Waals surface area contributed by atoms with Crippen molar-refractivity contribution in [1.29, 1.82) is 0 Å². The molecule has 1 N–H and O–H groups in total. The van der Waals surface area contributed by atoms with Crippen molar-refractivity contribution in [1.82, 2.24) is 24.6 Å². The molecule has 188 valence electrons. The molecule has 3 aromatic heterocycles. The summed E-state index contributed by atoms with van der Waals surface area (Å²) >= 11 is 6.76. The highest BCUT2D eigenvalue weighted by atomic mass is 35.5. The van der Waals surface area contributed by atoms with Gasteiger partial charge in [0.15, 0.2) is 12.4 Å². The highest BCUT2D eigenvalue weighted by Crippen LogP contribution is 2.37. The topological polar surface area (TPSA) is 106 Å². The Labute approximate surface area is 213 Å². The van der Waals surface area contributed by atoms with Gasteiger partial charge >= 0.3 is 6.09 Å². The van der Waals surface area contributed by atoms with E-state index in [9.17, 15) is 9.90 Å². The SMILES string of the molecule is COCOc1cc2nn(C)cc2cc1-c1cc(Cl)c2cc(N3C[C@@H](C)N(C(=O)O)[C@@H](C)C3)cnc2n1. The van der Waals surface area contributed by atoms with Crippen molar-refractivity contribution < 1.29 is 19.4 Å². The number of rotatable bonds is 5. The minimum absolute atomic E-state index is 0.0836. The van der Waals surface area contributed by atoms with Gasteiger partial charge in [0.25, 0.3) is 0 Å². The van der Waals surface area contributed by atoms with Crippen LogP contribution in [0, 0.1) is 0 Å². The third-order valence-electron chi connectivity index (χ3n) is 6.43. The lowest BCUT2D eigenvalue weighted by Crippen LogP contribution is -2.58. The number of piperazine rings is 1. The molecule has 2 atom stereocenters. The van der Waals surface area contributed by atoms with E-state index < -0.39 is 6.09 Å². The minimum atomic E-state index is -0.899. The molecule has 0 saturated carbocycles. The van der Waals surface area contributed by atoms with Gasteiger partial charge in [-0.15, -0.1) is 0 Å². The van der Waals surface area contributed by atoms with Crippen molar-refractivity contribution in [3.63, 3.8) is 0 Å². The van der Waals surface area contributed by atoms with Crippen LogP contribution in [-0.4, -0.2) is 74.9 Å². The maximum absolute atomic E-state index is 11.6. The quantitative estimate of drug-likeness (QED) is 0.394. The molecule has 1 aliphatic rings. The van der Waals surface area contributed by atoms with E-state index in [0.717, 1.165) is 27.5 Å². The number of anilines is 1. The Morgan fingerprint density at radius 2 is 1.94 bits per heavy atom. The molecule has 1 aliphatic heterocycles. The molecule has 11 heteroatoms. The summed E-state index contributed by atoms with van der Waals surface area (Å²) < 4.78 is 12.7. The van der Waals surface area contributed by atoms with Crippen molar-refractivity contribution in [2.75, 3.05) is 31.9 Å². The number of amides is 1. The van der Waals surface area contributed by atoms with Gasteiger partial charge < -0.3 is 19.5 Å². The van der Waals surface area contributed by atoms with Crippen LogP contribution < -0.4 is 9.64 Å². The molecule has 36 heavy (non-hydrogen) atoms. The van der Waals surface area contributed by atoms with E-state index in [1.54, 1.807) is 24.1 Å². The van der Waals surface area contributed by atoms with Crippen LogP contribution in [0.3, 0.4) is 0 Å². The van der Waals surface area contributed by atoms with Crippen LogP contribution in [0.15, 0.2) is 36.7 Å². The Morgan fingerprint density at radius 1 is 1.19 bits per heavy atom. The van der Waals surface area contributed by atoms with Gasteiger partial charge in [-0.3, -0.25) is 9.58 Å². The van der Waals surface area contributed by atoms with E-state index in [0.29, 0.717) is 35.2 Å². The molecule has 4 aromatic rings. The van der Waals surface area contributed by atoms with Gasteiger partial charge in [-0.1, -0.05) is 11.6 Å². The number of fused-ring (bicyclic) bond motifs is 2. The standard InChI is InChI=1S/C25H27ClN6O4/c1-14-10-31(11-15(2)32(14)25(33)34)17-6-18-20(26)7-22(28-24(18)27-9-17)19-5-16-12-30(3)29-21(16)8-23(19)36-13-35-4/h5-9,12,14-15H,10-11,13H2,1-4H3,(H,33,34)/t14-,15+. The number of hydrogen-bond acceptors (Lipinski definition) is 7. The van der Waals surface area contributed by atoms with E-state index in [2.05, 4.69) is 15.0 Å². The predicted molar refractivity (Wildman–Crippen MR) is 138 cm³/mol. The van der Waals surface area contributed by atoms with E-state index >= 15 is 0 Å². The third-order valence-corrected chi connectivity index (χ3v) is 6.75. The molecule has 0 bridgehead atoms. The van der Waals surface area contributed by atoms with Crippen LogP contribution in [0.4, 0.5) is 10.5 Å². The molecule has 1 amide bonds. The average molecular weight is 511 g/mol. The first kappa shape index (κ1) is 24.1. The number of halogens is 1. The summed E-state index contributed by atoms with van der Waals surface area (Å²) in [6.45, 7) is 5.04. The zero-order chi connectivity index (χ0) is 25.6. The van der Waals surface area contributed by atoms with Crippen molar-refractivity contribution in [3.8, 4) is 17.0 Å². The lowest BCUT2D eigenvalue weighted by atomic mass is 10.1. The fourth-order valence-electron chi connectivity index (χ4n) is 4.90. The predicted octanol–water partition coefficient (Wildman–Crippen LogP) is 4.40. The summed E-state index contributed by atoms with van der Waals surface area (Å²) in [5.41, 5.74) is 3.57. The molecule has 4 heterocycles. The molecular weight excluding hydrogens is 484 g/mol. The first-order valence-electron chi connectivity index (χ1n) is 11.6. The van der Waals surface area contributed by atoms with Crippen LogP contribution in [0.2, 0.25) is 5.02 Å². The van der Waals surface area contributed by atoms with Gasteiger partial charge in [-0.05, 0) is 32.0 Å². The summed E-state index contributed by atoms with van der Waals surface area (Å²) in [4.78, 5) is 24.6. The van der Waals surface area contributed by atoms with Crippen LogP contribution >= 0.6 is 11.6 Å². The molecular formula is C25H27ClN6O4. The van der Waals surface area contributed by atoms with E-state index in [4.69, 9.17) is 26.1 Å². The van der Waals surface area contributed by atoms with Gasteiger partial charge in [-0.2, -0.15) is 5.10 Å². The lowest BCUT2D eigenvalue weighted by Gasteiger charge is -2.43. The Balaban J connectivity index is 1.52. The van der Waals surface area contributed by atoms with E-state index in [-0.39, 0.29) is 18.9 Å². The third kappa shape index (κ3) is 4.38. The van der Waals surface area contributed by atoms with Gasteiger partial charge in [0.05, 0.1) is 40.2 Å². The van der Waals surface area contributed by atoms with Crippen LogP contribution in [0.5, 0.6) is 5.75 Å². The number of aromatic nitrogens is 4. The fraction of sp³-hybridized carbons (Fsp3) is 0.360. The number of methoxy groups -OCH3 is 1. The molecule has 0 spiro atoms. The second-order valence-electron chi connectivity index (χ2n) is 9.11. The highest BCUT2D eigenvalue weighted by molar-refractivity contribution is 6.35. The maximum atomic E-state index is 11.6. The second-order valence-corrected chi connectivity index (χ2v) is 9.51. The van der Waals surface area contributed by atoms with Crippen molar-refractivity contribution in [3.05, 3.63) is 41.7 Å². The molecule has 0 radical (unpaired) electrons. The van der Waals surface area contributed by atoms with Crippen molar-refractivity contribution >= 4 is 45.3 Å². The molecule has 1 saturated heterocycles. The molecule has 10 nitrogen and oxygen atoms in total. The average Bonchev–Trinajstić information content (AvgIpc) is 3.20. The van der Waals surface area contributed by atoms with E-state index in [1.165, 1.54) is 4.90 Å². The minimum Gasteiger partial charge on any atom is -0.467 e. The summed E-state index contributed by atoms with van der Waals surface area (Å²) in [6.07, 6.45) is 2.79. The fourth-order valence-corrected chi connectivity index (χ4v) is 5.14. The Morgan fingerprint density at radius 3 is 2.64 bits per heavy atom. The first-order chi connectivity index (χ1) is 17.2. The Hall–Kier alpha value is -3.63. The van der Waals surface area contributed by atoms with Crippen LogP contribution in [0.1, 0.15) is 13.8 Å². The maximum Gasteiger partial charge on any atom is 0.407 e. The number of benzene rings is 1. The van der Waals surface area contributed by atoms with Crippen molar-refractivity contribution in [2.24, 2.45) is 7.05 Å². The zero-order valence-corrected chi connectivity index (χ0v) is 21.2. The number of hydrogen-bond donors (Lipinski definition) is 1. The smallest absolute Gasteiger partial charge is 0.407 e. The van der Waals surface area contributed by atoms with Crippen molar-refractivity contribution in [2.45, 2.75) is 25.9 Å². The van der Waals surface area contributed by atoms with Gasteiger partial charge in [0.2, 0.25) is 0 Å². The van der Waals surface area contributed by atoms with Crippen LogP contribution in [-0.2, 0) is 11.8 Å². The monoisotopic (exact) mass is 510 g/mol. The molecule has 0 unspecified atom stereocenters. The molecule has 0 aliphatic carbocycles. The highest BCUT2D eigenvalue weighted by Gasteiger charge is 2.33. The number of nitrogens with zero attached hydrogens (tertiary/aromatic N) is 6. The first-order valence-corrected chi connectivity index (χ1v) is 11.9. The van der Waals surface area contributed by atoms with Gasteiger partial charge in [0.1, 0.15) is 5.75 Å². The lowest BCUT2D eigenvalue weighted by molar-refractivity contribution is 0.0516. The number of pyridine rings is 2. The molecule has 5 rings (SSSR count). The van der Waals surface area contributed by atoms with Gasteiger partial charge in [0, 0.05) is 55.8 Å². The Bertz CT molecular complexity index is 1450. The summed E-state index contributed by atoms with van der Waals surface area (Å²) in [7, 11) is 3.43. The number of carbonyl (C=O) groups is 1. The van der Waals surface area contributed by atoms with E-state index in [1.807, 2.05) is 45.3 Å². The van der Waals surface area contributed by atoms with Crippen LogP contribution in [0.25, 0.3) is 33.2 Å². The second kappa shape index (κ2) is 9.44. The number of ether oxygens (including phenoxy) is 2. The summed E-state index contributed by atoms with van der Waals surface area (Å²) in [6, 6.07) is 7.30. The number of aryl methyl sites for hydroxylation is 1.